The summed E-state index contributed by atoms with van der Waals surface area (Å²) in [5.74, 6) is -0.132. The number of rotatable bonds is 2. The van der Waals surface area contributed by atoms with E-state index >= 15 is 0 Å². The molecule has 80 valence electrons. The molecule has 0 spiro atoms. The van der Waals surface area contributed by atoms with E-state index in [9.17, 15) is 4.79 Å². The van der Waals surface area contributed by atoms with Crippen molar-refractivity contribution >= 4 is 5.78 Å². The van der Waals surface area contributed by atoms with Crippen LogP contribution in [-0.2, 0) is 0 Å². The number of hydrogen-bond acceptors (Lipinski definition) is 3. The molecule has 3 nitrogen and oxygen atoms in total. The Morgan fingerprint density at radius 3 is 1.69 bits per heavy atom. The lowest BCUT2D eigenvalue weighted by molar-refractivity contribution is 0.102. The highest BCUT2D eigenvalue weighted by atomic mass is 16.1. The van der Waals surface area contributed by atoms with Gasteiger partial charge in [0, 0.05) is 11.4 Å². The fourth-order valence-electron chi connectivity index (χ4n) is 1.47. The second-order valence-electron chi connectivity index (χ2n) is 3.66. The summed E-state index contributed by atoms with van der Waals surface area (Å²) in [6, 6.07) is 10.8. The van der Waals surface area contributed by atoms with E-state index in [4.69, 9.17) is 0 Å². The molecule has 0 aromatic carbocycles. The highest BCUT2D eigenvalue weighted by molar-refractivity contribution is 6.06. The molecule has 0 fully saturated rings. The zero-order chi connectivity index (χ0) is 11.5. The van der Waals surface area contributed by atoms with Crippen molar-refractivity contribution in [1.29, 1.82) is 0 Å². The SMILES string of the molecule is Cc1cccc(C(=O)c2cccc(C)n2)n1. The van der Waals surface area contributed by atoms with Crippen molar-refractivity contribution in [3.8, 4) is 0 Å². The van der Waals surface area contributed by atoms with Crippen LogP contribution in [0.25, 0.3) is 0 Å². The highest BCUT2D eigenvalue weighted by Gasteiger charge is 2.11. The van der Waals surface area contributed by atoms with Crippen LogP contribution in [0.3, 0.4) is 0 Å². The van der Waals surface area contributed by atoms with Crippen LogP contribution < -0.4 is 0 Å². The first kappa shape index (κ1) is 10.5. The van der Waals surface area contributed by atoms with Crippen LogP contribution in [-0.4, -0.2) is 15.8 Å². The second-order valence-corrected chi connectivity index (χ2v) is 3.66. The van der Waals surface area contributed by atoms with E-state index in [1.807, 2.05) is 38.1 Å². The third kappa shape index (κ3) is 2.14. The Bertz CT molecular complexity index is 487. The molecule has 0 atom stereocenters. The molecule has 16 heavy (non-hydrogen) atoms. The zero-order valence-electron chi connectivity index (χ0n) is 9.27. The smallest absolute Gasteiger partial charge is 0.229 e. The number of ketones is 1. The van der Waals surface area contributed by atoms with E-state index in [2.05, 4.69) is 9.97 Å². The summed E-state index contributed by atoms with van der Waals surface area (Å²) in [4.78, 5) is 20.4. The van der Waals surface area contributed by atoms with Crippen LogP contribution in [0.4, 0.5) is 0 Å². The van der Waals surface area contributed by atoms with Crippen molar-refractivity contribution in [3.05, 3.63) is 59.2 Å². The third-order valence-corrected chi connectivity index (χ3v) is 2.24. The first-order valence-electron chi connectivity index (χ1n) is 5.09. The van der Waals surface area contributed by atoms with Crippen LogP contribution >= 0.6 is 0 Å². The van der Waals surface area contributed by atoms with Gasteiger partial charge in [-0.25, -0.2) is 9.97 Å². The van der Waals surface area contributed by atoms with E-state index in [1.165, 1.54) is 0 Å². The van der Waals surface area contributed by atoms with Gasteiger partial charge in [-0.1, -0.05) is 12.1 Å². The molecule has 2 aromatic heterocycles. The summed E-state index contributed by atoms with van der Waals surface area (Å²) in [7, 11) is 0. The van der Waals surface area contributed by atoms with Crippen molar-refractivity contribution in [2.75, 3.05) is 0 Å². The third-order valence-electron chi connectivity index (χ3n) is 2.24. The zero-order valence-corrected chi connectivity index (χ0v) is 9.27. The van der Waals surface area contributed by atoms with Gasteiger partial charge in [0.1, 0.15) is 11.4 Å². The Hall–Kier alpha value is -2.03. The van der Waals surface area contributed by atoms with Gasteiger partial charge in [-0.2, -0.15) is 0 Å². The Morgan fingerprint density at radius 2 is 1.31 bits per heavy atom. The number of hydrogen-bond donors (Lipinski definition) is 0. The van der Waals surface area contributed by atoms with Crippen molar-refractivity contribution in [2.24, 2.45) is 0 Å². The molecule has 2 heterocycles. The molecule has 2 rings (SSSR count). The standard InChI is InChI=1S/C13H12N2O/c1-9-5-3-7-11(14-9)13(16)12-8-4-6-10(2)15-12/h3-8H,1-2H3. The van der Waals surface area contributed by atoms with Gasteiger partial charge in [0.05, 0.1) is 0 Å². The normalized spacial score (nSPS) is 10.1. The minimum Gasteiger partial charge on any atom is -0.285 e. The van der Waals surface area contributed by atoms with Gasteiger partial charge in [-0.15, -0.1) is 0 Å². The van der Waals surface area contributed by atoms with Gasteiger partial charge >= 0.3 is 0 Å². The predicted octanol–water partition coefficient (Wildman–Crippen LogP) is 2.32. The molecule has 0 aliphatic rings. The molecule has 3 heteroatoms. The van der Waals surface area contributed by atoms with Gasteiger partial charge in [0.2, 0.25) is 5.78 Å². The molecule has 0 unspecified atom stereocenters. The number of aromatic nitrogens is 2. The van der Waals surface area contributed by atoms with E-state index in [0.717, 1.165) is 11.4 Å². The van der Waals surface area contributed by atoms with Crippen LogP contribution in [0.2, 0.25) is 0 Å². The fourth-order valence-corrected chi connectivity index (χ4v) is 1.47. The first-order chi connectivity index (χ1) is 7.66. The summed E-state index contributed by atoms with van der Waals surface area (Å²) in [6.45, 7) is 3.72. The van der Waals surface area contributed by atoms with E-state index < -0.39 is 0 Å². The Balaban J connectivity index is 2.39. The highest BCUT2D eigenvalue weighted by Crippen LogP contribution is 2.06. The van der Waals surface area contributed by atoms with Gasteiger partial charge in [-0.05, 0) is 38.1 Å². The molecule has 0 N–H and O–H groups in total. The maximum atomic E-state index is 12.0. The summed E-state index contributed by atoms with van der Waals surface area (Å²) in [6.07, 6.45) is 0. The Labute approximate surface area is 94.2 Å². The average molecular weight is 212 g/mol. The minimum atomic E-state index is -0.132. The lowest BCUT2D eigenvalue weighted by atomic mass is 10.1. The molecule has 0 aliphatic heterocycles. The number of carbonyl (C=O) groups excluding carboxylic acids is 1. The van der Waals surface area contributed by atoms with Crippen LogP contribution in [0.15, 0.2) is 36.4 Å². The van der Waals surface area contributed by atoms with Gasteiger partial charge < -0.3 is 0 Å². The summed E-state index contributed by atoms with van der Waals surface area (Å²) >= 11 is 0. The van der Waals surface area contributed by atoms with Crippen molar-refractivity contribution < 1.29 is 4.79 Å². The molecule has 0 saturated carbocycles. The molecule has 0 radical (unpaired) electrons. The average Bonchev–Trinajstić information content (AvgIpc) is 2.28. The predicted molar refractivity (Wildman–Crippen MR) is 61.4 cm³/mol. The van der Waals surface area contributed by atoms with E-state index in [0.29, 0.717) is 11.4 Å². The minimum absolute atomic E-state index is 0.132. The van der Waals surface area contributed by atoms with Gasteiger partial charge in [0.15, 0.2) is 0 Å². The molecule has 0 aliphatic carbocycles. The van der Waals surface area contributed by atoms with Crippen LogP contribution in [0.1, 0.15) is 27.6 Å². The first-order valence-corrected chi connectivity index (χ1v) is 5.09. The summed E-state index contributed by atoms with van der Waals surface area (Å²) in [5.41, 5.74) is 2.55. The quantitative estimate of drug-likeness (QED) is 0.717. The summed E-state index contributed by atoms with van der Waals surface area (Å²) < 4.78 is 0. The largest absolute Gasteiger partial charge is 0.285 e. The van der Waals surface area contributed by atoms with Crippen LogP contribution in [0, 0.1) is 13.8 Å². The topological polar surface area (TPSA) is 42.9 Å². The number of aryl methyl sites for hydroxylation is 2. The Morgan fingerprint density at radius 1 is 0.875 bits per heavy atom. The van der Waals surface area contributed by atoms with Gasteiger partial charge in [0.25, 0.3) is 0 Å². The van der Waals surface area contributed by atoms with Crippen molar-refractivity contribution in [3.63, 3.8) is 0 Å². The number of nitrogens with zero attached hydrogens (tertiary/aromatic N) is 2. The molecular weight excluding hydrogens is 200 g/mol. The van der Waals surface area contributed by atoms with E-state index in [1.54, 1.807) is 12.1 Å². The lowest BCUT2D eigenvalue weighted by Gasteiger charge is -2.01. The number of carbonyl (C=O) groups is 1. The van der Waals surface area contributed by atoms with Gasteiger partial charge in [-0.3, -0.25) is 4.79 Å². The van der Waals surface area contributed by atoms with Crippen molar-refractivity contribution in [1.82, 2.24) is 9.97 Å². The molecular formula is C13H12N2O. The van der Waals surface area contributed by atoms with E-state index in [-0.39, 0.29) is 5.78 Å². The fraction of sp³-hybridized carbons (Fsp3) is 0.154. The molecule has 0 amide bonds. The second kappa shape index (κ2) is 4.23. The molecule has 0 bridgehead atoms. The Kier molecular flexibility index (Phi) is 2.77. The maximum Gasteiger partial charge on any atom is 0.229 e. The maximum absolute atomic E-state index is 12.0. The van der Waals surface area contributed by atoms with Crippen LogP contribution in [0.5, 0.6) is 0 Å². The van der Waals surface area contributed by atoms with Crippen molar-refractivity contribution in [2.45, 2.75) is 13.8 Å². The monoisotopic (exact) mass is 212 g/mol. The number of pyridine rings is 2. The molecule has 0 saturated heterocycles. The summed E-state index contributed by atoms with van der Waals surface area (Å²) in [5, 5.41) is 0. The lowest BCUT2D eigenvalue weighted by Crippen LogP contribution is -2.07. The molecule has 2 aromatic rings.